The first kappa shape index (κ1) is 28.2. The van der Waals surface area contributed by atoms with Gasteiger partial charge in [0, 0.05) is 13.1 Å². The highest BCUT2D eigenvalue weighted by molar-refractivity contribution is 7.92. The van der Waals surface area contributed by atoms with E-state index in [1.54, 1.807) is 39.2 Å². The van der Waals surface area contributed by atoms with Crippen molar-refractivity contribution in [3.05, 3.63) is 59.2 Å². The lowest BCUT2D eigenvalue weighted by atomic mass is 10.1. The van der Waals surface area contributed by atoms with Gasteiger partial charge in [-0.2, -0.15) is 0 Å². The van der Waals surface area contributed by atoms with Crippen molar-refractivity contribution in [3.63, 3.8) is 0 Å². The molecule has 0 fully saturated rings. The highest BCUT2D eigenvalue weighted by Crippen LogP contribution is 2.24. The molecule has 2 aromatic carbocycles. The molecule has 0 heterocycles. The maximum atomic E-state index is 13.6. The van der Waals surface area contributed by atoms with E-state index in [1.807, 2.05) is 45.0 Å². The van der Waals surface area contributed by atoms with E-state index in [9.17, 15) is 18.0 Å². The molecule has 0 radical (unpaired) electrons. The van der Waals surface area contributed by atoms with Crippen molar-refractivity contribution in [3.8, 4) is 5.75 Å². The molecule has 1 N–H and O–H groups in total. The van der Waals surface area contributed by atoms with Crippen molar-refractivity contribution in [1.29, 1.82) is 0 Å². The number of carbonyl (C=O) groups is 2. The quantitative estimate of drug-likeness (QED) is 0.508. The number of sulfonamides is 1. The number of rotatable bonds is 11. The summed E-state index contributed by atoms with van der Waals surface area (Å²) in [5.74, 6) is 0.159. The van der Waals surface area contributed by atoms with E-state index in [4.69, 9.17) is 4.74 Å². The van der Waals surface area contributed by atoms with Crippen LogP contribution in [0, 0.1) is 19.8 Å². The fourth-order valence-electron chi connectivity index (χ4n) is 3.55. The third-order valence-corrected chi connectivity index (χ3v) is 6.80. The van der Waals surface area contributed by atoms with Crippen molar-refractivity contribution >= 4 is 27.5 Å². The largest absolute Gasteiger partial charge is 0.497 e. The molecule has 0 bridgehead atoms. The molecule has 2 aromatic rings. The van der Waals surface area contributed by atoms with Crippen LogP contribution in [-0.2, 0) is 26.2 Å². The minimum absolute atomic E-state index is 0.142. The predicted molar refractivity (Wildman–Crippen MR) is 139 cm³/mol. The second-order valence-corrected chi connectivity index (χ2v) is 11.2. The first-order valence-electron chi connectivity index (χ1n) is 11.6. The third kappa shape index (κ3) is 7.99. The summed E-state index contributed by atoms with van der Waals surface area (Å²) in [6.45, 7) is 9.49. The van der Waals surface area contributed by atoms with Gasteiger partial charge in [-0.25, -0.2) is 8.42 Å². The number of amides is 2. The molecule has 0 unspecified atom stereocenters. The summed E-state index contributed by atoms with van der Waals surface area (Å²) in [5.41, 5.74) is 2.85. The van der Waals surface area contributed by atoms with Crippen molar-refractivity contribution < 1.29 is 22.7 Å². The fourth-order valence-corrected chi connectivity index (χ4v) is 4.44. The van der Waals surface area contributed by atoms with Crippen LogP contribution in [0.4, 0.5) is 5.69 Å². The smallest absolute Gasteiger partial charge is 0.244 e. The van der Waals surface area contributed by atoms with Gasteiger partial charge in [0.2, 0.25) is 21.8 Å². The number of nitrogens with one attached hydrogen (secondary N) is 1. The number of carbonyl (C=O) groups excluding carboxylic acids is 2. The zero-order valence-corrected chi connectivity index (χ0v) is 22.5. The van der Waals surface area contributed by atoms with Gasteiger partial charge in [-0.05, 0) is 61.6 Å². The molecule has 0 aromatic heterocycles. The van der Waals surface area contributed by atoms with Crippen LogP contribution in [0.3, 0.4) is 0 Å². The van der Waals surface area contributed by atoms with Crippen LogP contribution in [0.15, 0.2) is 42.5 Å². The Morgan fingerprint density at radius 1 is 1.03 bits per heavy atom. The average Bonchev–Trinajstić information content (AvgIpc) is 2.80. The number of hydrogen-bond acceptors (Lipinski definition) is 5. The van der Waals surface area contributed by atoms with E-state index < -0.39 is 28.5 Å². The van der Waals surface area contributed by atoms with Crippen molar-refractivity contribution in [2.45, 2.75) is 47.2 Å². The molecule has 35 heavy (non-hydrogen) atoms. The molecule has 0 saturated heterocycles. The first-order chi connectivity index (χ1) is 16.3. The van der Waals surface area contributed by atoms with Gasteiger partial charge >= 0.3 is 0 Å². The molecule has 2 amide bonds. The molecular formula is C26H37N3O5S. The normalized spacial score (nSPS) is 12.2. The molecule has 0 aliphatic heterocycles. The lowest BCUT2D eigenvalue weighted by Crippen LogP contribution is -2.51. The standard InChI is InChI=1S/C26H37N3O5S/c1-18(2)15-27-26(31)21(5)28(16-22-10-12-23(34-6)13-11-22)25(30)17-29(35(7,32)33)24-14-19(3)8-9-20(24)4/h8-14,18,21H,15-17H2,1-7H3,(H,27,31)/t21-/m1/s1. The van der Waals surface area contributed by atoms with Gasteiger partial charge in [-0.3, -0.25) is 13.9 Å². The monoisotopic (exact) mass is 503 g/mol. The van der Waals surface area contributed by atoms with Crippen LogP contribution in [0.5, 0.6) is 5.75 Å². The van der Waals surface area contributed by atoms with Gasteiger partial charge < -0.3 is 15.0 Å². The van der Waals surface area contributed by atoms with E-state index >= 15 is 0 Å². The number of methoxy groups -OCH3 is 1. The number of anilines is 1. The summed E-state index contributed by atoms with van der Waals surface area (Å²) in [4.78, 5) is 27.9. The Morgan fingerprint density at radius 2 is 1.66 bits per heavy atom. The molecule has 8 nitrogen and oxygen atoms in total. The Labute approximate surface area is 209 Å². The van der Waals surface area contributed by atoms with Gasteiger partial charge in [0.1, 0.15) is 18.3 Å². The number of aryl methyl sites for hydroxylation is 2. The van der Waals surface area contributed by atoms with E-state index in [0.717, 1.165) is 27.3 Å². The summed E-state index contributed by atoms with van der Waals surface area (Å²) in [6, 6.07) is 11.8. The van der Waals surface area contributed by atoms with E-state index in [0.29, 0.717) is 18.0 Å². The SMILES string of the molecule is COc1ccc(CN(C(=O)CN(c2cc(C)ccc2C)S(C)(=O)=O)[C@H](C)C(=O)NCC(C)C)cc1. The molecule has 192 valence electrons. The third-order valence-electron chi connectivity index (χ3n) is 5.68. The lowest BCUT2D eigenvalue weighted by molar-refractivity contribution is -0.139. The second kappa shape index (κ2) is 12.1. The fraction of sp³-hybridized carbons (Fsp3) is 0.462. The molecule has 0 spiro atoms. The zero-order chi connectivity index (χ0) is 26.3. The minimum atomic E-state index is -3.77. The van der Waals surface area contributed by atoms with Gasteiger partial charge in [-0.15, -0.1) is 0 Å². The number of benzene rings is 2. The van der Waals surface area contributed by atoms with Crippen LogP contribution in [-0.4, -0.2) is 57.6 Å². The van der Waals surface area contributed by atoms with Crippen molar-refractivity contribution in [2.24, 2.45) is 5.92 Å². The van der Waals surface area contributed by atoms with Crippen LogP contribution in [0.1, 0.15) is 37.5 Å². The number of hydrogen-bond donors (Lipinski definition) is 1. The highest BCUT2D eigenvalue weighted by Gasteiger charge is 2.30. The van der Waals surface area contributed by atoms with Crippen LogP contribution in [0.2, 0.25) is 0 Å². The molecule has 0 aliphatic rings. The molecular weight excluding hydrogens is 466 g/mol. The molecule has 0 saturated carbocycles. The topological polar surface area (TPSA) is 96.0 Å². The Balaban J connectivity index is 2.40. The molecule has 0 aliphatic carbocycles. The second-order valence-electron chi connectivity index (χ2n) is 9.24. The molecule has 2 rings (SSSR count). The Kier molecular flexibility index (Phi) is 9.71. The molecule has 9 heteroatoms. The summed E-state index contributed by atoms with van der Waals surface area (Å²) in [7, 11) is -2.20. The van der Waals surface area contributed by atoms with Crippen molar-refractivity contribution in [1.82, 2.24) is 10.2 Å². The zero-order valence-electron chi connectivity index (χ0n) is 21.7. The van der Waals surface area contributed by atoms with Gasteiger partial charge in [0.25, 0.3) is 0 Å². The Bertz CT molecular complexity index is 1130. The predicted octanol–water partition coefficient (Wildman–Crippen LogP) is 3.27. The Morgan fingerprint density at radius 3 is 2.20 bits per heavy atom. The summed E-state index contributed by atoms with van der Waals surface area (Å²) >= 11 is 0. The lowest BCUT2D eigenvalue weighted by Gasteiger charge is -2.32. The first-order valence-corrected chi connectivity index (χ1v) is 13.4. The molecule has 1 atom stereocenters. The van der Waals surface area contributed by atoms with E-state index in [-0.39, 0.29) is 18.4 Å². The number of nitrogens with zero attached hydrogens (tertiary/aromatic N) is 2. The van der Waals surface area contributed by atoms with E-state index in [1.165, 1.54) is 4.90 Å². The minimum Gasteiger partial charge on any atom is -0.497 e. The van der Waals surface area contributed by atoms with Gasteiger partial charge in [-0.1, -0.05) is 38.1 Å². The van der Waals surface area contributed by atoms with Gasteiger partial charge in [0.05, 0.1) is 19.1 Å². The van der Waals surface area contributed by atoms with E-state index in [2.05, 4.69) is 5.32 Å². The maximum Gasteiger partial charge on any atom is 0.244 e. The number of ether oxygens (including phenoxy) is 1. The summed E-state index contributed by atoms with van der Waals surface area (Å²) in [6.07, 6.45) is 1.08. The van der Waals surface area contributed by atoms with Crippen LogP contribution >= 0.6 is 0 Å². The maximum absolute atomic E-state index is 13.6. The summed E-state index contributed by atoms with van der Waals surface area (Å²) < 4.78 is 31.8. The van der Waals surface area contributed by atoms with Gasteiger partial charge in [0.15, 0.2) is 0 Å². The highest BCUT2D eigenvalue weighted by atomic mass is 32.2. The van der Waals surface area contributed by atoms with Crippen LogP contribution in [0.25, 0.3) is 0 Å². The Hall–Kier alpha value is -3.07. The average molecular weight is 504 g/mol. The van der Waals surface area contributed by atoms with Crippen molar-refractivity contribution in [2.75, 3.05) is 30.8 Å². The van der Waals surface area contributed by atoms with Crippen LogP contribution < -0.4 is 14.4 Å². The summed E-state index contributed by atoms with van der Waals surface area (Å²) in [5, 5.41) is 2.87.